The summed E-state index contributed by atoms with van der Waals surface area (Å²) < 4.78 is 13.3. The number of anilines is 1. The Kier molecular flexibility index (Phi) is 5.26. The number of benzene rings is 1. The minimum Gasteiger partial charge on any atom is -0.330 e. The number of carbonyl (C=O) groups is 1. The second-order valence-electron chi connectivity index (χ2n) is 6.36. The molecule has 1 fully saturated rings. The van der Waals surface area contributed by atoms with Crippen LogP contribution in [-0.4, -0.2) is 17.4 Å². The average Bonchev–Trinajstić information content (AvgIpc) is 3.14. The summed E-state index contributed by atoms with van der Waals surface area (Å²) in [6.07, 6.45) is 3.60. The van der Waals surface area contributed by atoms with E-state index in [9.17, 15) is 9.18 Å². The summed E-state index contributed by atoms with van der Waals surface area (Å²) in [7, 11) is 0. The van der Waals surface area contributed by atoms with Gasteiger partial charge in [0.1, 0.15) is 5.82 Å². The number of hydrogen-bond donors (Lipinski definition) is 2. The smallest absolute Gasteiger partial charge is 0.229 e. The van der Waals surface area contributed by atoms with E-state index < -0.39 is 0 Å². The molecule has 2 atom stereocenters. The standard InChI is InChI=1S/C18H22FN3OS/c1-11-16(9-12-4-2-6-14(19)8-12)24-18(21-11)22-17(23)15-7-3-5-13(15)10-20/h2,4,6,8,13,15H,3,5,7,9-10,20H2,1H3,(H,21,22,23)/t13-,15-/m1/s1. The van der Waals surface area contributed by atoms with E-state index in [1.165, 1.54) is 23.5 Å². The highest BCUT2D eigenvalue weighted by atomic mass is 32.1. The lowest BCUT2D eigenvalue weighted by Gasteiger charge is -2.16. The quantitative estimate of drug-likeness (QED) is 0.870. The second-order valence-corrected chi connectivity index (χ2v) is 7.44. The molecule has 0 radical (unpaired) electrons. The van der Waals surface area contributed by atoms with Crippen LogP contribution in [0.5, 0.6) is 0 Å². The van der Waals surface area contributed by atoms with Gasteiger partial charge in [0.15, 0.2) is 5.13 Å². The first-order chi connectivity index (χ1) is 11.6. The zero-order valence-corrected chi connectivity index (χ0v) is 14.5. The predicted molar refractivity (Wildman–Crippen MR) is 94.6 cm³/mol. The summed E-state index contributed by atoms with van der Waals surface area (Å²) >= 11 is 1.46. The van der Waals surface area contributed by atoms with Gasteiger partial charge in [-0.05, 0) is 49.9 Å². The third-order valence-corrected chi connectivity index (χ3v) is 5.75. The molecule has 2 aromatic rings. The zero-order chi connectivity index (χ0) is 17.1. The topological polar surface area (TPSA) is 68.0 Å². The number of thiazole rings is 1. The van der Waals surface area contributed by atoms with E-state index in [-0.39, 0.29) is 23.6 Å². The molecule has 0 bridgehead atoms. The summed E-state index contributed by atoms with van der Waals surface area (Å²) in [5.41, 5.74) is 7.54. The fourth-order valence-electron chi connectivity index (χ4n) is 3.34. The van der Waals surface area contributed by atoms with Gasteiger partial charge in [-0.15, -0.1) is 11.3 Å². The molecule has 0 aliphatic heterocycles. The molecule has 6 heteroatoms. The van der Waals surface area contributed by atoms with Gasteiger partial charge in [-0.2, -0.15) is 0 Å². The first-order valence-corrected chi connectivity index (χ1v) is 9.10. The zero-order valence-electron chi connectivity index (χ0n) is 13.7. The lowest BCUT2D eigenvalue weighted by molar-refractivity contribution is -0.120. The van der Waals surface area contributed by atoms with E-state index in [1.54, 1.807) is 6.07 Å². The van der Waals surface area contributed by atoms with E-state index in [2.05, 4.69) is 10.3 Å². The van der Waals surface area contributed by atoms with E-state index in [0.29, 0.717) is 18.1 Å². The number of rotatable bonds is 5. The van der Waals surface area contributed by atoms with Crippen LogP contribution < -0.4 is 11.1 Å². The van der Waals surface area contributed by atoms with Gasteiger partial charge in [-0.1, -0.05) is 18.6 Å². The molecule has 1 aromatic heterocycles. The van der Waals surface area contributed by atoms with E-state index in [1.807, 2.05) is 13.0 Å². The Morgan fingerprint density at radius 1 is 1.46 bits per heavy atom. The molecule has 0 unspecified atom stereocenters. The Morgan fingerprint density at radius 3 is 3.04 bits per heavy atom. The third-order valence-electron chi connectivity index (χ3n) is 4.68. The van der Waals surface area contributed by atoms with Crippen molar-refractivity contribution in [3.05, 3.63) is 46.2 Å². The molecular weight excluding hydrogens is 325 g/mol. The fourth-order valence-corrected chi connectivity index (χ4v) is 4.34. The van der Waals surface area contributed by atoms with E-state index >= 15 is 0 Å². The number of amides is 1. The SMILES string of the molecule is Cc1nc(NC(=O)[C@@H]2CCC[C@@H]2CN)sc1Cc1cccc(F)c1. The number of nitrogens with one attached hydrogen (secondary N) is 1. The molecule has 1 amide bonds. The van der Waals surface area contributed by atoms with Crippen LogP contribution in [0.15, 0.2) is 24.3 Å². The first-order valence-electron chi connectivity index (χ1n) is 8.28. The predicted octanol–water partition coefficient (Wildman–Crippen LogP) is 3.49. The summed E-state index contributed by atoms with van der Waals surface area (Å²) in [6.45, 7) is 2.47. The van der Waals surface area contributed by atoms with Crippen LogP contribution in [0.3, 0.4) is 0 Å². The Bertz CT molecular complexity index is 731. The van der Waals surface area contributed by atoms with Crippen molar-refractivity contribution in [3.63, 3.8) is 0 Å². The van der Waals surface area contributed by atoms with Crippen molar-refractivity contribution in [3.8, 4) is 0 Å². The third kappa shape index (κ3) is 3.82. The lowest BCUT2D eigenvalue weighted by Crippen LogP contribution is -2.29. The van der Waals surface area contributed by atoms with Gasteiger partial charge in [-0.25, -0.2) is 9.37 Å². The van der Waals surface area contributed by atoms with Crippen molar-refractivity contribution >= 4 is 22.4 Å². The van der Waals surface area contributed by atoms with E-state index in [0.717, 1.165) is 35.4 Å². The molecule has 4 nitrogen and oxygen atoms in total. The maximum Gasteiger partial charge on any atom is 0.229 e. The van der Waals surface area contributed by atoms with Crippen molar-refractivity contribution in [1.82, 2.24) is 4.98 Å². The maximum atomic E-state index is 13.3. The molecule has 128 valence electrons. The largest absolute Gasteiger partial charge is 0.330 e. The molecule has 24 heavy (non-hydrogen) atoms. The Hall–Kier alpha value is -1.79. The molecule has 1 saturated carbocycles. The minimum absolute atomic E-state index is 0.00845. The van der Waals surface area contributed by atoms with Crippen molar-refractivity contribution in [2.75, 3.05) is 11.9 Å². The summed E-state index contributed by atoms with van der Waals surface area (Å²) in [5, 5.41) is 3.56. The highest BCUT2D eigenvalue weighted by Crippen LogP contribution is 2.33. The molecule has 1 aliphatic rings. The number of carbonyl (C=O) groups excluding carboxylic acids is 1. The van der Waals surface area contributed by atoms with Crippen LogP contribution >= 0.6 is 11.3 Å². The Labute approximate surface area is 145 Å². The molecular formula is C18H22FN3OS. The summed E-state index contributed by atoms with van der Waals surface area (Å²) in [5.74, 6) is 0.0509. The highest BCUT2D eigenvalue weighted by Gasteiger charge is 2.32. The molecule has 0 spiro atoms. The maximum absolute atomic E-state index is 13.3. The summed E-state index contributed by atoms with van der Waals surface area (Å²) in [6, 6.07) is 6.56. The van der Waals surface area contributed by atoms with Crippen LogP contribution in [0.2, 0.25) is 0 Å². The van der Waals surface area contributed by atoms with Crippen LogP contribution in [0, 0.1) is 24.6 Å². The molecule has 1 aromatic carbocycles. The average molecular weight is 347 g/mol. The normalized spacial score (nSPS) is 20.3. The van der Waals surface area contributed by atoms with Crippen molar-refractivity contribution in [1.29, 1.82) is 0 Å². The van der Waals surface area contributed by atoms with Crippen molar-refractivity contribution in [2.45, 2.75) is 32.6 Å². The molecule has 1 heterocycles. The monoisotopic (exact) mass is 347 g/mol. The van der Waals surface area contributed by atoms with Crippen molar-refractivity contribution in [2.24, 2.45) is 17.6 Å². The van der Waals surface area contributed by atoms with Gasteiger partial charge in [-0.3, -0.25) is 4.79 Å². The number of nitrogens with zero attached hydrogens (tertiary/aromatic N) is 1. The second kappa shape index (κ2) is 7.40. The number of halogens is 1. The fraction of sp³-hybridized carbons (Fsp3) is 0.444. The first kappa shape index (κ1) is 17.0. The van der Waals surface area contributed by atoms with Gasteiger partial charge in [0.25, 0.3) is 0 Å². The van der Waals surface area contributed by atoms with Crippen LogP contribution in [0.1, 0.15) is 35.4 Å². The lowest BCUT2D eigenvalue weighted by atomic mass is 9.95. The minimum atomic E-state index is -0.239. The Balaban J connectivity index is 1.68. The van der Waals surface area contributed by atoms with Crippen LogP contribution in [0.25, 0.3) is 0 Å². The Morgan fingerprint density at radius 2 is 2.29 bits per heavy atom. The van der Waals surface area contributed by atoms with Crippen LogP contribution in [-0.2, 0) is 11.2 Å². The van der Waals surface area contributed by atoms with Gasteiger partial charge in [0.05, 0.1) is 5.69 Å². The van der Waals surface area contributed by atoms with E-state index in [4.69, 9.17) is 5.73 Å². The van der Waals surface area contributed by atoms with Gasteiger partial charge < -0.3 is 11.1 Å². The molecule has 3 N–H and O–H groups in total. The number of aryl methyl sites for hydroxylation is 1. The van der Waals surface area contributed by atoms with Crippen molar-refractivity contribution < 1.29 is 9.18 Å². The molecule has 3 rings (SSSR count). The molecule has 0 saturated heterocycles. The number of aromatic nitrogens is 1. The van der Waals surface area contributed by atoms with Gasteiger partial charge in [0.2, 0.25) is 5.91 Å². The number of nitrogens with two attached hydrogens (primary N) is 1. The highest BCUT2D eigenvalue weighted by molar-refractivity contribution is 7.15. The van der Waals surface area contributed by atoms with Gasteiger partial charge >= 0.3 is 0 Å². The van der Waals surface area contributed by atoms with Gasteiger partial charge in [0, 0.05) is 17.2 Å². The van der Waals surface area contributed by atoms with Crippen LogP contribution in [0.4, 0.5) is 9.52 Å². The summed E-state index contributed by atoms with van der Waals surface area (Å²) in [4.78, 5) is 18.0. The molecule has 1 aliphatic carbocycles. The number of hydrogen-bond acceptors (Lipinski definition) is 4.